The number of alkyl halides is 1. The highest BCUT2D eigenvalue weighted by molar-refractivity contribution is 6.22. The van der Waals surface area contributed by atoms with E-state index in [1.54, 1.807) is 19.2 Å². The third-order valence-corrected chi connectivity index (χ3v) is 3.70. The topological polar surface area (TPSA) is 18.5 Å². The molecule has 0 aromatic heterocycles. The highest BCUT2D eigenvalue weighted by Crippen LogP contribution is 2.34. The Labute approximate surface area is 123 Å². The van der Waals surface area contributed by atoms with Crippen molar-refractivity contribution < 1.29 is 13.9 Å². The Hall–Kier alpha value is -1.74. The van der Waals surface area contributed by atoms with Crippen LogP contribution in [0, 0.1) is 12.7 Å². The molecule has 0 heterocycles. The maximum Gasteiger partial charge on any atom is 0.165 e. The summed E-state index contributed by atoms with van der Waals surface area (Å²) in [5.74, 6) is 0.581. The summed E-state index contributed by atoms with van der Waals surface area (Å²) in [7, 11) is 3.06. The van der Waals surface area contributed by atoms with Crippen molar-refractivity contribution in [1.82, 2.24) is 0 Å². The quantitative estimate of drug-likeness (QED) is 0.774. The number of halogens is 2. The van der Waals surface area contributed by atoms with Crippen molar-refractivity contribution in [2.75, 3.05) is 14.2 Å². The summed E-state index contributed by atoms with van der Waals surface area (Å²) in [5.41, 5.74) is 2.77. The summed E-state index contributed by atoms with van der Waals surface area (Å²) >= 11 is 6.49. The van der Waals surface area contributed by atoms with E-state index in [-0.39, 0.29) is 11.1 Å². The highest BCUT2D eigenvalue weighted by atomic mass is 35.5. The minimum Gasteiger partial charge on any atom is -0.497 e. The van der Waals surface area contributed by atoms with Crippen molar-refractivity contribution in [2.24, 2.45) is 0 Å². The van der Waals surface area contributed by atoms with Crippen molar-refractivity contribution in [1.29, 1.82) is 0 Å². The summed E-state index contributed by atoms with van der Waals surface area (Å²) in [6.45, 7) is 1.97. The molecule has 0 radical (unpaired) electrons. The molecule has 2 rings (SSSR count). The molecule has 0 spiro atoms. The third kappa shape index (κ3) is 2.88. The van der Waals surface area contributed by atoms with E-state index in [4.69, 9.17) is 21.1 Å². The minimum absolute atomic E-state index is 0.194. The molecule has 2 aromatic carbocycles. The van der Waals surface area contributed by atoms with E-state index in [9.17, 15) is 4.39 Å². The Morgan fingerprint density at radius 3 is 2.40 bits per heavy atom. The number of benzene rings is 2. The van der Waals surface area contributed by atoms with Gasteiger partial charge in [0.1, 0.15) is 5.75 Å². The van der Waals surface area contributed by atoms with Gasteiger partial charge in [0, 0.05) is 0 Å². The molecule has 106 valence electrons. The second-order valence-corrected chi connectivity index (χ2v) is 4.92. The van der Waals surface area contributed by atoms with E-state index in [2.05, 4.69) is 0 Å². The maximum atomic E-state index is 13.4. The summed E-state index contributed by atoms with van der Waals surface area (Å²) in [5, 5.41) is -0.365. The van der Waals surface area contributed by atoms with Gasteiger partial charge in [-0.25, -0.2) is 4.39 Å². The lowest BCUT2D eigenvalue weighted by atomic mass is 9.99. The van der Waals surface area contributed by atoms with Crippen molar-refractivity contribution in [3.8, 4) is 11.5 Å². The molecule has 0 bridgehead atoms. The molecule has 0 aliphatic carbocycles. The predicted octanol–water partition coefficient (Wildman–Crippen LogP) is 4.48. The number of rotatable bonds is 4. The fourth-order valence-electron chi connectivity index (χ4n) is 2.07. The lowest BCUT2D eigenvalue weighted by Crippen LogP contribution is -1.99. The largest absolute Gasteiger partial charge is 0.497 e. The SMILES string of the molecule is COc1ccc(C(Cl)c2ccc(F)c(OC)c2)c(C)c1. The molecule has 0 amide bonds. The Bertz CT molecular complexity index is 613. The zero-order valence-electron chi connectivity index (χ0n) is 11.6. The van der Waals surface area contributed by atoms with Crippen LogP contribution in [0.25, 0.3) is 0 Å². The second kappa shape index (κ2) is 6.14. The molecule has 20 heavy (non-hydrogen) atoms. The lowest BCUT2D eigenvalue weighted by molar-refractivity contribution is 0.386. The van der Waals surface area contributed by atoms with Gasteiger partial charge in [-0.3, -0.25) is 0 Å². The zero-order valence-corrected chi connectivity index (χ0v) is 12.4. The summed E-state index contributed by atoms with van der Waals surface area (Å²) < 4.78 is 23.6. The van der Waals surface area contributed by atoms with Crippen molar-refractivity contribution in [2.45, 2.75) is 12.3 Å². The Balaban J connectivity index is 2.38. The van der Waals surface area contributed by atoms with Crippen LogP contribution in [0.1, 0.15) is 22.1 Å². The lowest BCUT2D eigenvalue weighted by Gasteiger charge is -2.15. The molecule has 1 unspecified atom stereocenters. The molecule has 0 aliphatic rings. The average molecular weight is 295 g/mol. The predicted molar refractivity (Wildman–Crippen MR) is 78.4 cm³/mol. The van der Waals surface area contributed by atoms with Gasteiger partial charge in [-0.1, -0.05) is 12.1 Å². The molecular weight excluding hydrogens is 279 g/mol. The summed E-state index contributed by atoms with van der Waals surface area (Å²) in [6.07, 6.45) is 0. The van der Waals surface area contributed by atoms with Gasteiger partial charge in [-0.15, -0.1) is 11.6 Å². The van der Waals surface area contributed by atoms with Gasteiger partial charge in [0.25, 0.3) is 0 Å². The third-order valence-electron chi connectivity index (χ3n) is 3.22. The average Bonchev–Trinajstić information content (AvgIpc) is 2.47. The van der Waals surface area contributed by atoms with Gasteiger partial charge in [0.15, 0.2) is 11.6 Å². The van der Waals surface area contributed by atoms with E-state index in [1.165, 1.54) is 13.2 Å². The van der Waals surface area contributed by atoms with Crippen LogP contribution in [0.3, 0.4) is 0 Å². The van der Waals surface area contributed by atoms with E-state index in [0.29, 0.717) is 0 Å². The summed E-state index contributed by atoms with van der Waals surface area (Å²) in [6, 6.07) is 10.4. The van der Waals surface area contributed by atoms with Gasteiger partial charge >= 0.3 is 0 Å². The smallest absolute Gasteiger partial charge is 0.165 e. The van der Waals surface area contributed by atoms with Crippen LogP contribution in [-0.2, 0) is 0 Å². The van der Waals surface area contributed by atoms with Crippen molar-refractivity contribution in [3.05, 3.63) is 58.9 Å². The van der Waals surface area contributed by atoms with Crippen LogP contribution in [0.4, 0.5) is 4.39 Å². The van der Waals surface area contributed by atoms with Gasteiger partial charge in [-0.2, -0.15) is 0 Å². The number of hydrogen-bond acceptors (Lipinski definition) is 2. The molecule has 0 saturated heterocycles. The Morgan fingerprint density at radius 1 is 1.05 bits per heavy atom. The Kier molecular flexibility index (Phi) is 4.50. The first-order chi connectivity index (χ1) is 9.56. The molecule has 4 heteroatoms. The first-order valence-electron chi connectivity index (χ1n) is 6.19. The summed E-state index contributed by atoms with van der Waals surface area (Å²) in [4.78, 5) is 0. The molecule has 0 saturated carbocycles. The monoisotopic (exact) mass is 294 g/mol. The molecule has 0 fully saturated rings. The van der Waals surface area contributed by atoms with Crippen LogP contribution in [0.15, 0.2) is 36.4 Å². The van der Waals surface area contributed by atoms with Gasteiger partial charge < -0.3 is 9.47 Å². The minimum atomic E-state index is -0.397. The van der Waals surface area contributed by atoms with Crippen LogP contribution >= 0.6 is 11.6 Å². The molecule has 1 atom stereocenters. The molecule has 0 aliphatic heterocycles. The van der Waals surface area contributed by atoms with E-state index in [0.717, 1.165) is 22.4 Å². The zero-order chi connectivity index (χ0) is 14.7. The van der Waals surface area contributed by atoms with Gasteiger partial charge in [0.2, 0.25) is 0 Å². The van der Waals surface area contributed by atoms with Crippen LogP contribution in [0.2, 0.25) is 0 Å². The van der Waals surface area contributed by atoms with Gasteiger partial charge in [0.05, 0.1) is 19.6 Å². The van der Waals surface area contributed by atoms with Gasteiger partial charge in [-0.05, 0) is 47.9 Å². The maximum absolute atomic E-state index is 13.4. The number of hydrogen-bond donors (Lipinski definition) is 0. The van der Waals surface area contributed by atoms with Crippen LogP contribution in [0.5, 0.6) is 11.5 Å². The van der Waals surface area contributed by atoms with Crippen molar-refractivity contribution >= 4 is 11.6 Å². The molecule has 2 aromatic rings. The second-order valence-electron chi connectivity index (χ2n) is 4.48. The normalized spacial score (nSPS) is 12.1. The number of ether oxygens (including phenoxy) is 2. The number of aryl methyl sites for hydroxylation is 1. The van der Waals surface area contributed by atoms with Crippen LogP contribution in [-0.4, -0.2) is 14.2 Å². The first-order valence-corrected chi connectivity index (χ1v) is 6.62. The van der Waals surface area contributed by atoms with E-state index < -0.39 is 5.82 Å². The molecule has 0 N–H and O–H groups in total. The van der Waals surface area contributed by atoms with Crippen molar-refractivity contribution in [3.63, 3.8) is 0 Å². The standard InChI is InChI=1S/C16H16ClFO2/c1-10-8-12(19-2)5-6-13(10)16(17)11-4-7-14(18)15(9-11)20-3/h4-9,16H,1-3H3. The number of methoxy groups -OCH3 is 2. The fourth-order valence-corrected chi connectivity index (χ4v) is 2.45. The molecular formula is C16H16ClFO2. The fraction of sp³-hybridized carbons (Fsp3) is 0.250. The first kappa shape index (κ1) is 14.7. The highest BCUT2D eigenvalue weighted by Gasteiger charge is 2.16. The van der Waals surface area contributed by atoms with Crippen LogP contribution < -0.4 is 9.47 Å². The Morgan fingerprint density at radius 2 is 1.80 bits per heavy atom. The van der Waals surface area contributed by atoms with E-state index in [1.807, 2.05) is 25.1 Å². The molecule has 2 nitrogen and oxygen atoms in total. The van der Waals surface area contributed by atoms with E-state index >= 15 is 0 Å².